The number of carbonyl (C=O) groups excluding carboxylic acids is 1. The Hall–Kier alpha value is -3.38. The van der Waals surface area contributed by atoms with Gasteiger partial charge in [0.25, 0.3) is 0 Å². The molecule has 0 saturated carbocycles. The Morgan fingerprint density at radius 1 is 1.09 bits per heavy atom. The van der Waals surface area contributed by atoms with E-state index >= 15 is 0 Å². The Bertz CT molecular complexity index is 1190. The first-order valence-electron chi connectivity index (χ1n) is 10.6. The van der Waals surface area contributed by atoms with Crippen molar-refractivity contribution in [3.8, 4) is 28.0 Å². The molecule has 1 atom stereocenters. The zero-order valence-electron chi connectivity index (χ0n) is 18.4. The van der Waals surface area contributed by atoms with Crippen molar-refractivity contribution in [2.45, 2.75) is 32.8 Å². The van der Waals surface area contributed by atoms with Crippen LogP contribution < -0.4 is 10.2 Å². The highest BCUT2D eigenvalue weighted by Crippen LogP contribution is 2.42. The molecular formula is C26H27FN2O3. The minimum Gasteiger partial charge on any atom is -0.507 e. The zero-order valence-corrected chi connectivity index (χ0v) is 18.4. The van der Waals surface area contributed by atoms with Gasteiger partial charge in [0.2, 0.25) is 5.91 Å². The van der Waals surface area contributed by atoms with Crippen LogP contribution in [0, 0.1) is 12.7 Å². The molecule has 3 aromatic carbocycles. The number of hydrogen-bond acceptors (Lipinski definition) is 4. The van der Waals surface area contributed by atoms with Crippen molar-refractivity contribution in [1.29, 1.82) is 0 Å². The van der Waals surface area contributed by atoms with Gasteiger partial charge in [-0.2, -0.15) is 0 Å². The summed E-state index contributed by atoms with van der Waals surface area (Å²) in [6.45, 7) is 6.32. The van der Waals surface area contributed by atoms with E-state index in [1.807, 2.05) is 38.1 Å². The summed E-state index contributed by atoms with van der Waals surface area (Å²) in [5.41, 5.74) is 3.60. The molecule has 1 aliphatic rings. The van der Waals surface area contributed by atoms with E-state index < -0.39 is 11.4 Å². The van der Waals surface area contributed by atoms with Crippen molar-refractivity contribution in [2.24, 2.45) is 0 Å². The standard InChI is InChI=1S/C26H27FN2O3/c1-16-21(8-5-9-24(16)28-17(2)30)23-14-19(27)13-22(25(23)31)18-6-4-7-20(12-18)29-11-10-26(3,32)15-29/h4-9,12-14,31-32H,10-11,15H2,1-3H3,(H,28,30). The average molecular weight is 435 g/mol. The second-order valence-electron chi connectivity index (χ2n) is 8.73. The molecule has 5 nitrogen and oxygen atoms in total. The van der Waals surface area contributed by atoms with Gasteiger partial charge in [-0.15, -0.1) is 0 Å². The van der Waals surface area contributed by atoms with Crippen LogP contribution in [0.15, 0.2) is 54.6 Å². The van der Waals surface area contributed by atoms with Gasteiger partial charge in [-0.1, -0.05) is 24.3 Å². The number of carbonyl (C=O) groups is 1. The molecule has 6 heteroatoms. The number of β-amino-alcohol motifs (C(OH)–C–C–N with tert-alkyl or cyclic N) is 1. The lowest BCUT2D eigenvalue weighted by Gasteiger charge is -2.22. The van der Waals surface area contributed by atoms with Crippen molar-refractivity contribution in [3.63, 3.8) is 0 Å². The lowest BCUT2D eigenvalue weighted by atomic mass is 9.93. The Morgan fingerprint density at radius 2 is 1.81 bits per heavy atom. The highest BCUT2D eigenvalue weighted by atomic mass is 19.1. The highest BCUT2D eigenvalue weighted by molar-refractivity contribution is 5.92. The second-order valence-corrected chi connectivity index (χ2v) is 8.73. The fourth-order valence-electron chi connectivity index (χ4n) is 4.31. The summed E-state index contributed by atoms with van der Waals surface area (Å²) in [7, 11) is 0. The van der Waals surface area contributed by atoms with Crippen LogP contribution in [0.2, 0.25) is 0 Å². The number of hydrogen-bond donors (Lipinski definition) is 3. The maximum atomic E-state index is 14.7. The number of rotatable bonds is 4. The molecule has 166 valence electrons. The SMILES string of the molecule is CC(=O)Nc1cccc(-c2cc(F)cc(-c3cccc(N4CCC(C)(O)C4)c3)c2O)c1C. The predicted octanol–water partition coefficient (Wildman–Crippen LogP) is 5.09. The Morgan fingerprint density at radius 3 is 2.50 bits per heavy atom. The predicted molar refractivity (Wildman–Crippen MR) is 125 cm³/mol. The fraction of sp³-hybridized carbons (Fsp3) is 0.269. The lowest BCUT2D eigenvalue weighted by Crippen LogP contribution is -2.29. The molecule has 3 N–H and O–H groups in total. The minimum absolute atomic E-state index is 0.0277. The molecule has 1 saturated heterocycles. The van der Waals surface area contributed by atoms with Crippen LogP contribution in [0.3, 0.4) is 0 Å². The molecule has 0 bridgehead atoms. The minimum atomic E-state index is -0.735. The van der Waals surface area contributed by atoms with Gasteiger partial charge in [0.1, 0.15) is 11.6 Å². The summed E-state index contributed by atoms with van der Waals surface area (Å²) in [5, 5.41) is 24.2. The zero-order chi connectivity index (χ0) is 23.0. The van der Waals surface area contributed by atoms with Crippen molar-refractivity contribution in [3.05, 3.63) is 66.0 Å². The van der Waals surface area contributed by atoms with Gasteiger partial charge >= 0.3 is 0 Å². The summed E-state index contributed by atoms with van der Waals surface area (Å²) in [6, 6.07) is 15.5. The molecule has 4 rings (SSSR count). The van der Waals surface area contributed by atoms with E-state index in [0.29, 0.717) is 40.9 Å². The molecule has 1 aliphatic heterocycles. The quantitative estimate of drug-likeness (QED) is 0.535. The van der Waals surface area contributed by atoms with E-state index in [9.17, 15) is 19.4 Å². The van der Waals surface area contributed by atoms with Crippen molar-refractivity contribution >= 4 is 17.3 Å². The molecule has 0 radical (unpaired) electrons. The lowest BCUT2D eigenvalue weighted by molar-refractivity contribution is -0.114. The number of nitrogens with zero attached hydrogens (tertiary/aromatic N) is 1. The summed E-state index contributed by atoms with van der Waals surface area (Å²) >= 11 is 0. The van der Waals surface area contributed by atoms with E-state index in [0.717, 1.165) is 17.8 Å². The van der Waals surface area contributed by atoms with E-state index in [4.69, 9.17) is 0 Å². The van der Waals surface area contributed by atoms with Crippen LogP contribution in [-0.2, 0) is 4.79 Å². The van der Waals surface area contributed by atoms with Crippen LogP contribution in [0.25, 0.3) is 22.3 Å². The first-order chi connectivity index (χ1) is 15.1. The topological polar surface area (TPSA) is 72.8 Å². The largest absolute Gasteiger partial charge is 0.507 e. The number of phenols is 1. The van der Waals surface area contributed by atoms with Gasteiger partial charge < -0.3 is 20.4 Å². The molecular weight excluding hydrogens is 407 g/mol. The summed E-state index contributed by atoms with van der Waals surface area (Å²) in [4.78, 5) is 13.6. The number of halogens is 1. The van der Waals surface area contributed by atoms with Gasteiger partial charge in [0.05, 0.1) is 5.60 Å². The smallest absolute Gasteiger partial charge is 0.221 e. The van der Waals surface area contributed by atoms with Gasteiger partial charge in [0, 0.05) is 42.5 Å². The van der Waals surface area contributed by atoms with Gasteiger partial charge in [-0.3, -0.25) is 4.79 Å². The van der Waals surface area contributed by atoms with Crippen molar-refractivity contribution in [2.75, 3.05) is 23.3 Å². The number of anilines is 2. The van der Waals surface area contributed by atoms with Gasteiger partial charge in [0.15, 0.2) is 0 Å². The van der Waals surface area contributed by atoms with Crippen LogP contribution >= 0.6 is 0 Å². The molecule has 3 aromatic rings. The molecule has 0 aromatic heterocycles. The molecule has 1 unspecified atom stereocenters. The van der Waals surface area contributed by atoms with Crippen LogP contribution in [0.5, 0.6) is 5.75 Å². The third kappa shape index (κ3) is 4.32. The third-order valence-corrected chi connectivity index (χ3v) is 5.98. The highest BCUT2D eigenvalue weighted by Gasteiger charge is 2.31. The van der Waals surface area contributed by atoms with E-state index in [1.165, 1.54) is 19.1 Å². The van der Waals surface area contributed by atoms with Crippen LogP contribution in [-0.4, -0.2) is 34.8 Å². The van der Waals surface area contributed by atoms with Crippen molar-refractivity contribution < 1.29 is 19.4 Å². The first-order valence-corrected chi connectivity index (χ1v) is 10.6. The maximum absolute atomic E-state index is 14.7. The van der Waals surface area contributed by atoms with Crippen molar-refractivity contribution in [1.82, 2.24) is 0 Å². The molecule has 1 heterocycles. The number of aliphatic hydroxyl groups is 1. The molecule has 0 aliphatic carbocycles. The van der Waals surface area contributed by atoms with Crippen LogP contribution in [0.1, 0.15) is 25.8 Å². The maximum Gasteiger partial charge on any atom is 0.221 e. The number of nitrogens with one attached hydrogen (secondary N) is 1. The van der Waals surface area contributed by atoms with E-state index in [1.54, 1.807) is 18.2 Å². The van der Waals surface area contributed by atoms with Crippen LogP contribution in [0.4, 0.5) is 15.8 Å². The number of amides is 1. The third-order valence-electron chi connectivity index (χ3n) is 5.98. The molecule has 32 heavy (non-hydrogen) atoms. The normalized spacial score (nSPS) is 18.1. The molecule has 1 amide bonds. The first kappa shape index (κ1) is 21.8. The van der Waals surface area contributed by atoms with E-state index in [2.05, 4.69) is 10.2 Å². The molecule has 1 fully saturated rings. The number of benzene rings is 3. The van der Waals surface area contributed by atoms with Gasteiger partial charge in [-0.05, 0) is 67.3 Å². The average Bonchev–Trinajstić information content (AvgIpc) is 3.11. The fourth-order valence-corrected chi connectivity index (χ4v) is 4.31. The van der Waals surface area contributed by atoms with E-state index in [-0.39, 0.29) is 11.7 Å². The second kappa shape index (κ2) is 8.28. The summed E-state index contributed by atoms with van der Waals surface area (Å²) in [6.07, 6.45) is 0.677. The Labute approximate surface area is 187 Å². The Kier molecular flexibility index (Phi) is 5.65. The number of aromatic hydroxyl groups is 1. The monoisotopic (exact) mass is 434 g/mol. The summed E-state index contributed by atoms with van der Waals surface area (Å²) < 4.78 is 14.7. The van der Waals surface area contributed by atoms with Gasteiger partial charge in [-0.25, -0.2) is 4.39 Å². The Balaban J connectivity index is 1.78. The summed E-state index contributed by atoms with van der Waals surface area (Å²) in [5.74, 6) is -0.696. The number of phenolic OH excluding ortho intramolecular Hbond substituents is 1. The molecule has 0 spiro atoms.